The molecular formula is C18H15NO6. The van der Waals surface area contributed by atoms with Gasteiger partial charge in [-0.3, -0.25) is 14.9 Å². The second-order valence-electron chi connectivity index (χ2n) is 6.65. The first-order chi connectivity index (χ1) is 11.7. The molecule has 2 aromatic carbocycles. The number of hydrogen-bond donors (Lipinski definition) is 2. The van der Waals surface area contributed by atoms with Gasteiger partial charge in [-0.2, -0.15) is 0 Å². The fraction of sp³-hybridized carbons (Fsp3) is 0.278. The van der Waals surface area contributed by atoms with Crippen molar-refractivity contribution in [3.63, 3.8) is 0 Å². The number of nitro groups is 1. The smallest absolute Gasteiger partial charge is 0.280 e. The predicted molar refractivity (Wildman–Crippen MR) is 86.4 cm³/mol. The van der Waals surface area contributed by atoms with Crippen LogP contribution in [-0.2, 0) is 11.4 Å². The summed E-state index contributed by atoms with van der Waals surface area (Å²) >= 11 is 0. The molecule has 2 aliphatic rings. The molecule has 2 aromatic rings. The first-order valence-corrected chi connectivity index (χ1v) is 7.82. The third kappa shape index (κ3) is 1.69. The number of nitro benzene ring substituents is 1. The fourth-order valence-electron chi connectivity index (χ4n) is 3.62. The molecule has 0 aromatic heterocycles. The fourth-order valence-corrected chi connectivity index (χ4v) is 3.62. The summed E-state index contributed by atoms with van der Waals surface area (Å²) in [7, 11) is 0. The molecule has 128 valence electrons. The lowest BCUT2D eigenvalue weighted by Crippen LogP contribution is -2.48. The third-order valence-electron chi connectivity index (χ3n) is 4.97. The molecule has 0 amide bonds. The van der Waals surface area contributed by atoms with E-state index in [1.165, 1.54) is 18.2 Å². The van der Waals surface area contributed by atoms with Crippen molar-refractivity contribution in [1.82, 2.24) is 0 Å². The molecule has 1 aliphatic heterocycles. The van der Waals surface area contributed by atoms with Crippen molar-refractivity contribution in [1.29, 1.82) is 0 Å². The maximum Gasteiger partial charge on any atom is 0.280 e. The largest absolute Gasteiger partial charge is 0.454 e. The summed E-state index contributed by atoms with van der Waals surface area (Å²) in [5.74, 6) is -2.94. The van der Waals surface area contributed by atoms with Crippen LogP contribution in [0.5, 0.6) is 5.75 Å². The Labute approximate surface area is 142 Å². The SMILES string of the molecule is CC(C)c1ccc2c(c1)OC1(O)c3cccc([N+](=O)[O-])c3C(=O)C21O. The molecule has 4 rings (SSSR count). The zero-order chi connectivity index (χ0) is 18.1. The van der Waals surface area contributed by atoms with Gasteiger partial charge in [0.15, 0.2) is 0 Å². The molecule has 1 heterocycles. The van der Waals surface area contributed by atoms with Crippen molar-refractivity contribution < 1.29 is 24.7 Å². The Balaban J connectivity index is 1.98. The number of rotatable bonds is 2. The van der Waals surface area contributed by atoms with E-state index in [2.05, 4.69) is 0 Å². The second-order valence-corrected chi connectivity index (χ2v) is 6.65. The number of Topliss-reactive ketones (excluding diaryl/α,β-unsaturated/α-hetero) is 1. The van der Waals surface area contributed by atoms with Gasteiger partial charge in [0, 0.05) is 17.2 Å². The highest BCUT2D eigenvalue weighted by Crippen LogP contribution is 2.59. The number of benzene rings is 2. The second kappa shape index (κ2) is 4.65. The molecule has 2 atom stereocenters. The molecule has 7 nitrogen and oxygen atoms in total. The van der Waals surface area contributed by atoms with Gasteiger partial charge in [-0.25, -0.2) is 0 Å². The van der Waals surface area contributed by atoms with Crippen molar-refractivity contribution >= 4 is 11.5 Å². The number of ether oxygens (including phenoxy) is 1. The molecule has 0 spiro atoms. The number of fused-ring (bicyclic) bond motifs is 5. The molecule has 2 N–H and O–H groups in total. The lowest BCUT2D eigenvalue weighted by atomic mass is 9.86. The van der Waals surface area contributed by atoms with Crippen molar-refractivity contribution in [2.45, 2.75) is 31.2 Å². The maximum atomic E-state index is 12.9. The van der Waals surface area contributed by atoms with Crippen LogP contribution in [0.25, 0.3) is 0 Å². The topological polar surface area (TPSA) is 110 Å². The summed E-state index contributed by atoms with van der Waals surface area (Å²) in [6.07, 6.45) is 0. The molecule has 2 unspecified atom stereocenters. The molecule has 0 fully saturated rings. The number of carbonyl (C=O) groups excluding carboxylic acids is 1. The van der Waals surface area contributed by atoms with E-state index in [4.69, 9.17) is 4.74 Å². The Morgan fingerprint density at radius 2 is 1.88 bits per heavy atom. The van der Waals surface area contributed by atoms with E-state index in [0.717, 1.165) is 11.6 Å². The van der Waals surface area contributed by atoms with Gasteiger partial charge in [-0.1, -0.05) is 38.1 Å². The molecule has 1 aliphatic carbocycles. The average molecular weight is 341 g/mol. The van der Waals surface area contributed by atoms with Crippen LogP contribution in [0.1, 0.15) is 46.8 Å². The van der Waals surface area contributed by atoms with Crippen molar-refractivity contribution in [2.75, 3.05) is 0 Å². The summed E-state index contributed by atoms with van der Waals surface area (Å²) in [6, 6.07) is 8.79. The van der Waals surface area contributed by atoms with E-state index in [1.807, 2.05) is 13.8 Å². The van der Waals surface area contributed by atoms with E-state index in [-0.39, 0.29) is 28.4 Å². The predicted octanol–water partition coefficient (Wildman–Crippen LogP) is 2.34. The molecule has 0 bridgehead atoms. The van der Waals surface area contributed by atoms with Gasteiger partial charge in [-0.05, 0) is 17.5 Å². The van der Waals surface area contributed by atoms with Gasteiger partial charge in [0.25, 0.3) is 11.5 Å². The molecule has 0 radical (unpaired) electrons. The van der Waals surface area contributed by atoms with Crippen LogP contribution in [0.2, 0.25) is 0 Å². The maximum absolute atomic E-state index is 12.9. The Bertz CT molecular complexity index is 953. The first kappa shape index (κ1) is 15.7. The minimum Gasteiger partial charge on any atom is -0.454 e. The summed E-state index contributed by atoms with van der Waals surface area (Å²) in [5, 5.41) is 33.4. The molecule has 0 saturated carbocycles. The summed E-state index contributed by atoms with van der Waals surface area (Å²) in [4.78, 5) is 23.5. The number of hydrogen-bond acceptors (Lipinski definition) is 6. The Morgan fingerprint density at radius 3 is 2.52 bits per heavy atom. The van der Waals surface area contributed by atoms with E-state index in [0.29, 0.717) is 0 Å². The van der Waals surface area contributed by atoms with Gasteiger partial charge in [-0.15, -0.1) is 0 Å². The molecule has 0 saturated heterocycles. The molecular weight excluding hydrogens is 326 g/mol. The Kier molecular flexibility index (Phi) is 2.93. The number of ketones is 1. The Morgan fingerprint density at radius 1 is 1.16 bits per heavy atom. The van der Waals surface area contributed by atoms with Crippen molar-refractivity contribution in [2.24, 2.45) is 0 Å². The summed E-state index contributed by atoms with van der Waals surface area (Å²) in [5.41, 5.74) is -2.28. The highest BCUT2D eigenvalue weighted by atomic mass is 16.7. The number of aliphatic hydroxyl groups is 2. The first-order valence-electron chi connectivity index (χ1n) is 7.82. The van der Waals surface area contributed by atoms with Gasteiger partial charge in [0.2, 0.25) is 11.4 Å². The normalized spacial score (nSPS) is 26.2. The standard InChI is InChI=1S/C18H15NO6/c1-9(2)10-6-7-11-14(8-10)25-18(22)12-4-3-5-13(19(23)24)15(12)16(20)17(11,18)21/h3-9,21-22H,1-2H3. The minimum absolute atomic E-state index is 0.100. The summed E-state index contributed by atoms with van der Waals surface area (Å²) in [6.45, 7) is 3.95. The zero-order valence-electron chi connectivity index (χ0n) is 13.5. The third-order valence-corrected chi connectivity index (χ3v) is 4.97. The summed E-state index contributed by atoms with van der Waals surface area (Å²) < 4.78 is 5.61. The monoisotopic (exact) mass is 341 g/mol. The van der Waals surface area contributed by atoms with Crippen LogP contribution in [0.15, 0.2) is 36.4 Å². The molecule has 25 heavy (non-hydrogen) atoms. The van der Waals surface area contributed by atoms with Crippen LogP contribution >= 0.6 is 0 Å². The van der Waals surface area contributed by atoms with Crippen LogP contribution in [-0.4, -0.2) is 20.9 Å². The van der Waals surface area contributed by atoms with Gasteiger partial charge >= 0.3 is 0 Å². The van der Waals surface area contributed by atoms with Crippen LogP contribution in [0, 0.1) is 10.1 Å². The highest BCUT2D eigenvalue weighted by Gasteiger charge is 2.71. The van der Waals surface area contributed by atoms with E-state index < -0.39 is 27.8 Å². The highest BCUT2D eigenvalue weighted by molar-refractivity contribution is 6.12. The lowest BCUT2D eigenvalue weighted by molar-refractivity contribution is -0.385. The number of nitrogens with zero attached hydrogens (tertiary/aromatic N) is 1. The zero-order valence-corrected chi connectivity index (χ0v) is 13.5. The number of carbonyl (C=O) groups is 1. The van der Waals surface area contributed by atoms with Crippen molar-refractivity contribution in [3.05, 3.63) is 68.8 Å². The van der Waals surface area contributed by atoms with Crippen LogP contribution in [0.4, 0.5) is 5.69 Å². The van der Waals surface area contributed by atoms with E-state index in [9.17, 15) is 25.1 Å². The van der Waals surface area contributed by atoms with E-state index >= 15 is 0 Å². The lowest BCUT2D eigenvalue weighted by Gasteiger charge is -2.28. The van der Waals surface area contributed by atoms with Gasteiger partial charge in [0.05, 0.1) is 4.92 Å². The minimum atomic E-state index is -2.41. The van der Waals surface area contributed by atoms with E-state index in [1.54, 1.807) is 12.1 Å². The van der Waals surface area contributed by atoms with Crippen LogP contribution < -0.4 is 4.74 Å². The molecule has 7 heteroatoms. The van der Waals surface area contributed by atoms with Crippen molar-refractivity contribution in [3.8, 4) is 5.75 Å². The Hall–Kier alpha value is -2.77. The van der Waals surface area contributed by atoms with Gasteiger partial charge < -0.3 is 14.9 Å². The quantitative estimate of drug-likeness (QED) is 0.641. The average Bonchev–Trinajstić information content (AvgIpc) is 2.90. The van der Waals surface area contributed by atoms with Gasteiger partial charge in [0.1, 0.15) is 11.3 Å². The van der Waals surface area contributed by atoms with Crippen LogP contribution in [0.3, 0.4) is 0 Å².